The number of thiophene rings is 1. The van der Waals surface area contributed by atoms with Crippen LogP contribution < -0.4 is 5.73 Å². The highest BCUT2D eigenvalue weighted by Crippen LogP contribution is 2.26. The van der Waals surface area contributed by atoms with Crippen LogP contribution in [-0.2, 0) is 0 Å². The van der Waals surface area contributed by atoms with Gasteiger partial charge in [0.2, 0.25) is 5.91 Å². The number of likely N-dealkylation sites (tertiary alicyclic amines) is 1. The smallest absolute Gasteiger partial charge is 0.264 e. The number of ketones is 1. The SMILES string of the molecule is NC(=O)c1csc(C(=O)N2CCC[C@@H]2CC(=O)c2ccccc2)c1. The Bertz CT molecular complexity index is 770. The van der Waals surface area contributed by atoms with Gasteiger partial charge < -0.3 is 10.6 Å². The normalized spacial score (nSPS) is 17.0. The van der Waals surface area contributed by atoms with E-state index in [1.165, 1.54) is 17.4 Å². The van der Waals surface area contributed by atoms with Crippen LogP contribution >= 0.6 is 11.3 Å². The van der Waals surface area contributed by atoms with Crippen molar-refractivity contribution in [2.24, 2.45) is 5.73 Å². The van der Waals surface area contributed by atoms with E-state index in [2.05, 4.69) is 0 Å². The zero-order valence-corrected chi connectivity index (χ0v) is 13.9. The van der Waals surface area contributed by atoms with E-state index >= 15 is 0 Å². The minimum Gasteiger partial charge on any atom is -0.366 e. The van der Waals surface area contributed by atoms with Crippen molar-refractivity contribution in [2.45, 2.75) is 25.3 Å². The third-order valence-corrected chi connectivity index (χ3v) is 5.17. The average molecular weight is 342 g/mol. The van der Waals surface area contributed by atoms with Crippen molar-refractivity contribution in [3.63, 3.8) is 0 Å². The van der Waals surface area contributed by atoms with Gasteiger partial charge in [0.05, 0.1) is 10.4 Å². The van der Waals surface area contributed by atoms with Gasteiger partial charge in [-0.25, -0.2) is 0 Å². The van der Waals surface area contributed by atoms with Gasteiger partial charge in [-0.15, -0.1) is 11.3 Å². The van der Waals surface area contributed by atoms with Crippen LogP contribution in [0.3, 0.4) is 0 Å². The van der Waals surface area contributed by atoms with E-state index in [0.29, 0.717) is 29.0 Å². The van der Waals surface area contributed by atoms with E-state index in [4.69, 9.17) is 5.73 Å². The molecule has 5 nitrogen and oxygen atoms in total. The van der Waals surface area contributed by atoms with Crippen molar-refractivity contribution in [3.8, 4) is 0 Å². The molecule has 1 aliphatic rings. The fourth-order valence-corrected chi connectivity index (χ4v) is 3.84. The summed E-state index contributed by atoms with van der Waals surface area (Å²) in [6, 6.07) is 10.6. The van der Waals surface area contributed by atoms with Crippen molar-refractivity contribution in [3.05, 3.63) is 57.8 Å². The van der Waals surface area contributed by atoms with Crippen LogP contribution in [-0.4, -0.2) is 35.1 Å². The summed E-state index contributed by atoms with van der Waals surface area (Å²) >= 11 is 1.21. The second-order valence-corrected chi connectivity index (χ2v) is 6.76. The molecule has 0 bridgehead atoms. The molecule has 2 N–H and O–H groups in total. The molecular weight excluding hydrogens is 324 g/mol. The van der Waals surface area contributed by atoms with Crippen molar-refractivity contribution < 1.29 is 14.4 Å². The zero-order chi connectivity index (χ0) is 17.1. The highest BCUT2D eigenvalue weighted by atomic mass is 32.1. The first-order valence-corrected chi connectivity index (χ1v) is 8.72. The van der Waals surface area contributed by atoms with Crippen molar-refractivity contribution in [2.75, 3.05) is 6.54 Å². The molecule has 1 aliphatic heterocycles. The summed E-state index contributed by atoms with van der Waals surface area (Å²) in [4.78, 5) is 38.5. The molecule has 124 valence electrons. The molecule has 0 aliphatic carbocycles. The summed E-state index contributed by atoms with van der Waals surface area (Å²) in [5, 5.41) is 1.59. The Kier molecular flexibility index (Phi) is 4.76. The van der Waals surface area contributed by atoms with Crippen molar-refractivity contribution >= 4 is 28.9 Å². The van der Waals surface area contributed by atoms with Gasteiger partial charge in [-0.1, -0.05) is 30.3 Å². The molecule has 0 saturated carbocycles. The number of carbonyl (C=O) groups is 3. The Morgan fingerprint density at radius 1 is 1.17 bits per heavy atom. The molecule has 0 radical (unpaired) electrons. The third kappa shape index (κ3) is 3.38. The van der Waals surface area contributed by atoms with Gasteiger partial charge >= 0.3 is 0 Å². The van der Waals surface area contributed by atoms with Gasteiger partial charge in [-0.3, -0.25) is 14.4 Å². The molecule has 24 heavy (non-hydrogen) atoms. The summed E-state index contributed by atoms with van der Waals surface area (Å²) in [5.74, 6) is -0.623. The highest BCUT2D eigenvalue weighted by Gasteiger charge is 2.32. The fourth-order valence-electron chi connectivity index (χ4n) is 2.99. The lowest BCUT2D eigenvalue weighted by Gasteiger charge is -2.23. The lowest BCUT2D eigenvalue weighted by atomic mass is 10.0. The summed E-state index contributed by atoms with van der Waals surface area (Å²) in [7, 11) is 0. The molecule has 2 aromatic rings. The Morgan fingerprint density at radius 2 is 1.92 bits per heavy atom. The number of nitrogens with zero attached hydrogens (tertiary/aromatic N) is 1. The quantitative estimate of drug-likeness (QED) is 0.848. The van der Waals surface area contributed by atoms with Crippen LogP contribution in [0.25, 0.3) is 0 Å². The van der Waals surface area contributed by atoms with Crippen LogP contribution in [0, 0.1) is 0 Å². The first-order valence-electron chi connectivity index (χ1n) is 7.84. The summed E-state index contributed by atoms with van der Waals surface area (Å²) in [6.07, 6.45) is 2.02. The molecule has 1 aromatic carbocycles. The van der Waals surface area contributed by atoms with Crippen molar-refractivity contribution in [1.82, 2.24) is 4.90 Å². The molecule has 1 saturated heterocycles. The number of nitrogens with two attached hydrogens (primary N) is 1. The number of hydrogen-bond donors (Lipinski definition) is 1. The molecule has 2 heterocycles. The maximum atomic E-state index is 12.7. The summed E-state index contributed by atoms with van der Waals surface area (Å²) in [5.41, 5.74) is 6.25. The van der Waals surface area contributed by atoms with Gasteiger partial charge in [0.15, 0.2) is 5.78 Å². The van der Waals surface area contributed by atoms with E-state index in [9.17, 15) is 14.4 Å². The lowest BCUT2D eigenvalue weighted by Crippen LogP contribution is -2.36. The monoisotopic (exact) mass is 342 g/mol. The number of benzene rings is 1. The third-order valence-electron chi connectivity index (χ3n) is 4.25. The number of rotatable bonds is 5. The second kappa shape index (κ2) is 6.97. The number of carbonyl (C=O) groups excluding carboxylic acids is 3. The Morgan fingerprint density at radius 3 is 2.58 bits per heavy atom. The Balaban J connectivity index is 1.71. The molecule has 6 heteroatoms. The number of amides is 2. The fraction of sp³-hybridized carbons (Fsp3) is 0.278. The minimum absolute atomic E-state index is 0.0457. The van der Waals surface area contributed by atoms with Crippen LogP contribution in [0.5, 0.6) is 0 Å². The number of hydrogen-bond acceptors (Lipinski definition) is 4. The summed E-state index contributed by atoms with van der Waals surface area (Å²) in [6.45, 7) is 0.634. The van der Waals surface area contributed by atoms with Crippen LogP contribution in [0.2, 0.25) is 0 Å². The standard InChI is InChI=1S/C18H18N2O3S/c19-17(22)13-9-16(24-11-13)18(23)20-8-4-7-14(20)10-15(21)12-5-2-1-3-6-12/h1-3,5-6,9,11,14H,4,7-8,10H2,(H2,19,22)/t14-/m1/s1. The average Bonchev–Trinajstić information content (AvgIpc) is 3.24. The Hall–Kier alpha value is -2.47. The topological polar surface area (TPSA) is 80.5 Å². The first-order chi connectivity index (χ1) is 11.6. The van der Waals surface area contributed by atoms with Crippen LogP contribution in [0.4, 0.5) is 0 Å². The van der Waals surface area contributed by atoms with Gasteiger partial charge in [0.1, 0.15) is 0 Å². The Labute approximate surface area is 144 Å². The van der Waals surface area contributed by atoms with Gasteiger partial charge in [-0.2, -0.15) is 0 Å². The van der Waals surface area contributed by atoms with E-state index in [0.717, 1.165) is 12.8 Å². The predicted octanol–water partition coefficient (Wildman–Crippen LogP) is 2.72. The molecule has 2 amide bonds. The second-order valence-electron chi connectivity index (χ2n) is 5.85. The van der Waals surface area contributed by atoms with Gasteiger partial charge in [0.25, 0.3) is 5.91 Å². The molecule has 1 atom stereocenters. The summed E-state index contributed by atoms with van der Waals surface area (Å²) < 4.78 is 0. The van der Waals surface area contributed by atoms with E-state index in [1.54, 1.807) is 22.4 Å². The first kappa shape index (κ1) is 16.4. The number of primary amides is 1. The molecule has 0 spiro atoms. The van der Waals surface area contributed by atoms with Crippen LogP contribution in [0.1, 0.15) is 49.7 Å². The van der Waals surface area contributed by atoms with Gasteiger partial charge in [-0.05, 0) is 18.9 Å². The maximum absolute atomic E-state index is 12.7. The predicted molar refractivity (Wildman–Crippen MR) is 92.3 cm³/mol. The molecular formula is C18H18N2O3S. The van der Waals surface area contributed by atoms with E-state index in [1.807, 2.05) is 18.2 Å². The highest BCUT2D eigenvalue weighted by molar-refractivity contribution is 7.12. The molecule has 3 rings (SSSR count). The van der Waals surface area contributed by atoms with E-state index in [-0.39, 0.29) is 17.7 Å². The maximum Gasteiger partial charge on any atom is 0.264 e. The van der Waals surface area contributed by atoms with Gasteiger partial charge in [0, 0.05) is 30.0 Å². The van der Waals surface area contributed by atoms with Crippen LogP contribution in [0.15, 0.2) is 41.8 Å². The molecule has 1 aromatic heterocycles. The van der Waals surface area contributed by atoms with E-state index < -0.39 is 5.91 Å². The molecule has 0 unspecified atom stereocenters. The van der Waals surface area contributed by atoms with Crippen molar-refractivity contribution in [1.29, 1.82) is 0 Å². The molecule has 1 fully saturated rings. The number of Topliss-reactive ketones (excluding diaryl/α,β-unsaturated/α-hetero) is 1. The minimum atomic E-state index is -0.539. The lowest BCUT2D eigenvalue weighted by molar-refractivity contribution is 0.0721. The zero-order valence-electron chi connectivity index (χ0n) is 13.1. The largest absolute Gasteiger partial charge is 0.366 e.